The highest BCUT2D eigenvalue weighted by Crippen LogP contribution is 2.44. The van der Waals surface area contributed by atoms with Crippen LogP contribution in [0.2, 0.25) is 0 Å². The van der Waals surface area contributed by atoms with Gasteiger partial charge in [0.1, 0.15) is 47.1 Å². The van der Waals surface area contributed by atoms with Crippen molar-refractivity contribution in [3.8, 4) is 17.2 Å². The minimum atomic E-state index is -0.589. The molecule has 0 aliphatic carbocycles. The lowest BCUT2D eigenvalue weighted by Crippen LogP contribution is -2.21. The van der Waals surface area contributed by atoms with Gasteiger partial charge in [0, 0.05) is 26.8 Å². The topological polar surface area (TPSA) is 101 Å². The number of rotatable bonds is 7. The molecule has 0 fully saturated rings. The number of thiophene rings is 1. The van der Waals surface area contributed by atoms with Gasteiger partial charge in [-0.2, -0.15) is 0 Å². The number of hydrogen-bond donors (Lipinski definition) is 0. The van der Waals surface area contributed by atoms with E-state index >= 15 is 0 Å². The van der Waals surface area contributed by atoms with Gasteiger partial charge in [-0.1, -0.05) is 42.5 Å². The standard InChI is InChI=1S/C28H19NO7S/c30-28(26-19-5-1-3-7-23(19)36-24-8-4-2-6-20(24)26)34-15-17-9-11-22(21-13-14-37-27(17)21)33-16-18-10-12-25(35-18)29(31)32/h1-14,26H,15-16H2. The molecular formula is C28H19NO7S. The first-order chi connectivity index (χ1) is 18.1. The number of hydrogen-bond acceptors (Lipinski definition) is 8. The number of carbonyl (C=O) groups is 1. The lowest BCUT2D eigenvalue weighted by molar-refractivity contribution is -0.402. The van der Waals surface area contributed by atoms with Crippen LogP contribution < -0.4 is 9.47 Å². The Labute approximate surface area is 214 Å². The van der Waals surface area contributed by atoms with Crippen molar-refractivity contribution < 1.29 is 28.3 Å². The van der Waals surface area contributed by atoms with Gasteiger partial charge in [-0.15, -0.1) is 11.3 Å². The Morgan fingerprint density at radius 2 is 1.65 bits per heavy atom. The molecule has 0 saturated carbocycles. The third-order valence-electron chi connectivity index (χ3n) is 6.14. The third kappa shape index (κ3) is 4.30. The maximum atomic E-state index is 13.4. The van der Waals surface area contributed by atoms with Crippen LogP contribution in [0.25, 0.3) is 10.1 Å². The van der Waals surface area contributed by atoms with Crippen molar-refractivity contribution in [2.75, 3.05) is 0 Å². The normalized spacial score (nSPS) is 12.4. The molecule has 1 aliphatic rings. The van der Waals surface area contributed by atoms with E-state index in [1.54, 1.807) is 6.07 Å². The molecule has 0 bridgehead atoms. The summed E-state index contributed by atoms with van der Waals surface area (Å²) in [5.74, 6) is 0.987. The predicted molar refractivity (Wildman–Crippen MR) is 136 cm³/mol. The lowest BCUT2D eigenvalue weighted by atomic mass is 9.88. The lowest BCUT2D eigenvalue weighted by Gasteiger charge is -2.26. The second-order valence-electron chi connectivity index (χ2n) is 8.39. The second kappa shape index (κ2) is 9.44. The fraction of sp³-hybridized carbons (Fsp3) is 0.107. The van der Waals surface area contributed by atoms with Crippen molar-refractivity contribution in [2.45, 2.75) is 19.1 Å². The summed E-state index contributed by atoms with van der Waals surface area (Å²) in [4.78, 5) is 23.6. The van der Waals surface area contributed by atoms with Crippen molar-refractivity contribution in [3.05, 3.63) is 117 Å². The van der Waals surface area contributed by atoms with Crippen molar-refractivity contribution in [1.29, 1.82) is 0 Å². The molecule has 0 saturated heterocycles. The molecule has 0 spiro atoms. The largest absolute Gasteiger partial charge is 0.485 e. The van der Waals surface area contributed by atoms with E-state index in [0.717, 1.165) is 26.8 Å². The Bertz CT molecular complexity index is 1590. The molecule has 0 unspecified atom stereocenters. The molecule has 6 rings (SSSR count). The number of furan rings is 1. The molecule has 5 aromatic rings. The second-order valence-corrected chi connectivity index (χ2v) is 9.31. The Kier molecular flexibility index (Phi) is 5.82. The number of nitrogens with zero attached hydrogens (tertiary/aromatic N) is 1. The monoisotopic (exact) mass is 513 g/mol. The number of benzene rings is 3. The first kappa shape index (κ1) is 22.8. The van der Waals surface area contributed by atoms with Crippen LogP contribution >= 0.6 is 11.3 Å². The van der Waals surface area contributed by atoms with E-state index in [1.807, 2.05) is 66.0 Å². The highest BCUT2D eigenvalue weighted by Gasteiger charge is 2.33. The number of esters is 1. The van der Waals surface area contributed by atoms with E-state index in [4.69, 9.17) is 18.6 Å². The van der Waals surface area contributed by atoms with Gasteiger partial charge < -0.3 is 18.6 Å². The van der Waals surface area contributed by atoms with Crippen LogP contribution in [-0.4, -0.2) is 10.9 Å². The summed E-state index contributed by atoms with van der Waals surface area (Å²) in [6.07, 6.45) is 0. The molecule has 0 atom stereocenters. The van der Waals surface area contributed by atoms with Crippen LogP contribution in [0.4, 0.5) is 5.88 Å². The summed E-state index contributed by atoms with van der Waals surface area (Å²) < 4.78 is 23.8. The maximum Gasteiger partial charge on any atom is 0.433 e. The summed E-state index contributed by atoms with van der Waals surface area (Å²) in [5, 5.41) is 13.6. The van der Waals surface area contributed by atoms with Gasteiger partial charge in [0.15, 0.2) is 0 Å². The molecule has 0 radical (unpaired) electrons. The van der Waals surface area contributed by atoms with Crippen LogP contribution in [0, 0.1) is 10.1 Å². The summed E-state index contributed by atoms with van der Waals surface area (Å²) in [7, 11) is 0. The number of fused-ring (bicyclic) bond motifs is 3. The first-order valence-corrected chi connectivity index (χ1v) is 12.3. The quantitative estimate of drug-likeness (QED) is 0.132. The van der Waals surface area contributed by atoms with Crippen molar-refractivity contribution in [2.24, 2.45) is 0 Å². The molecule has 3 heterocycles. The number of carbonyl (C=O) groups excluding carboxylic acids is 1. The van der Waals surface area contributed by atoms with Gasteiger partial charge in [0.25, 0.3) is 0 Å². The van der Waals surface area contributed by atoms with Crippen LogP contribution in [0.1, 0.15) is 28.4 Å². The SMILES string of the molecule is O=C(OCc1ccc(OCc2ccc([N+](=O)[O-])o2)c2ccsc12)C1c2ccccc2Oc2ccccc21. The Morgan fingerprint density at radius 1 is 0.919 bits per heavy atom. The van der Waals surface area contributed by atoms with Crippen molar-refractivity contribution in [3.63, 3.8) is 0 Å². The fourth-order valence-electron chi connectivity index (χ4n) is 4.42. The summed E-state index contributed by atoms with van der Waals surface area (Å²) in [6.45, 7) is 0.151. The van der Waals surface area contributed by atoms with Crippen molar-refractivity contribution >= 4 is 33.3 Å². The van der Waals surface area contributed by atoms with Gasteiger partial charge in [-0.25, -0.2) is 0 Å². The zero-order chi connectivity index (χ0) is 25.4. The van der Waals surface area contributed by atoms with Crippen LogP contribution in [-0.2, 0) is 22.7 Å². The maximum absolute atomic E-state index is 13.4. The molecule has 0 N–H and O–H groups in total. The van der Waals surface area contributed by atoms with E-state index in [0.29, 0.717) is 23.0 Å². The summed E-state index contributed by atoms with van der Waals surface area (Å²) in [6, 6.07) is 23.4. The van der Waals surface area contributed by atoms with Gasteiger partial charge in [-0.05, 0) is 35.7 Å². The highest BCUT2D eigenvalue weighted by molar-refractivity contribution is 7.17. The number of para-hydroxylation sites is 2. The third-order valence-corrected chi connectivity index (χ3v) is 7.13. The molecule has 0 amide bonds. The summed E-state index contributed by atoms with van der Waals surface area (Å²) in [5.41, 5.74) is 2.40. The van der Waals surface area contributed by atoms with E-state index in [1.165, 1.54) is 23.5 Å². The molecular weight excluding hydrogens is 494 g/mol. The van der Waals surface area contributed by atoms with Gasteiger partial charge in [0.2, 0.25) is 0 Å². The number of ether oxygens (including phenoxy) is 3. The molecule has 3 aromatic carbocycles. The van der Waals surface area contributed by atoms with Gasteiger partial charge in [0.05, 0.1) is 6.07 Å². The van der Waals surface area contributed by atoms with Crippen LogP contribution in [0.3, 0.4) is 0 Å². The van der Waals surface area contributed by atoms with E-state index < -0.39 is 10.8 Å². The van der Waals surface area contributed by atoms with Crippen molar-refractivity contribution in [1.82, 2.24) is 0 Å². The molecule has 1 aliphatic heterocycles. The Balaban J connectivity index is 1.20. The molecule has 2 aromatic heterocycles. The predicted octanol–water partition coefficient (Wildman–Crippen LogP) is 6.96. The smallest absolute Gasteiger partial charge is 0.433 e. The van der Waals surface area contributed by atoms with Gasteiger partial charge >= 0.3 is 11.9 Å². The van der Waals surface area contributed by atoms with E-state index in [-0.39, 0.29) is 25.1 Å². The Morgan fingerprint density at radius 3 is 2.35 bits per heavy atom. The zero-order valence-corrected chi connectivity index (χ0v) is 20.1. The fourth-order valence-corrected chi connectivity index (χ4v) is 5.33. The molecule has 9 heteroatoms. The Hall–Kier alpha value is -4.63. The molecule has 8 nitrogen and oxygen atoms in total. The first-order valence-electron chi connectivity index (χ1n) is 11.5. The molecule has 184 valence electrons. The summed E-state index contributed by atoms with van der Waals surface area (Å²) >= 11 is 1.52. The van der Waals surface area contributed by atoms with E-state index in [2.05, 4.69) is 0 Å². The van der Waals surface area contributed by atoms with Gasteiger partial charge in [-0.3, -0.25) is 14.9 Å². The van der Waals surface area contributed by atoms with Crippen LogP contribution in [0.5, 0.6) is 17.2 Å². The molecule has 37 heavy (non-hydrogen) atoms. The number of nitro groups is 1. The van der Waals surface area contributed by atoms with Crippen LogP contribution in [0.15, 0.2) is 88.7 Å². The zero-order valence-electron chi connectivity index (χ0n) is 19.3. The van der Waals surface area contributed by atoms with E-state index in [9.17, 15) is 14.9 Å². The minimum absolute atomic E-state index is 0.0513. The average molecular weight is 514 g/mol. The average Bonchev–Trinajstić information content (AvgIpc) is 3.60. The minimum Gasteiger partial charge on any atom is -0.485 e. The highest BCUT2D eigenvalue weighted by atomic mass is 32.1.